The van der Waals surface area contributed by atoms with Crippen LogP contribution in [0.1, 0.15) is 46.4 Å². The summed E-state index contributed by atoms with van der Waals surface area (Å²) in [4.78, 5) is 30.8. The number of hydrogen-bond acceptors (Lipinski definition) is 4. The molecule has 0 saturated carbocycles. The van der Waals surface area contributed by atoms with Crippen molar-refractivity contribution in [3.8, 4) is 0 Å². The number of carbonyl (C=O) groups is 2. The molecule has 2 aromatic carbocycles. The van der Waals surface area contributed by atoms with Gasteiger partial charge in [-0.15, -0.1) is 11.3 Å². The fraction of sp³-hybridized carbons (Fsp3) is 0.308. The molecule has 1 heterocycles. The highest BCUT2D eigenvalue weighted by molar-refractivity contribution is 7.12. The van der Waals surface area contributed by atoms with E-state index in [1.54, 1.807) is 24.3 Å². The summed E-state index contributed by atoms with van der Waals surface area (Å²) in [7, 11) is 3.94. The Morgan fingerprint density at radius 1 is 1.03 bits per heavy atom. The normalized spacial score (nSPS) is 11.8. The molecule has 33 heavy (non-hydrogen) atoms. The number of nitrogens with zero attached hydrogens (tertiary/aromatic N) is 2. The highest BCUT2D eigenvalue weighted by Gasteiger charge is 2.26. The second-order valence-corrected chi connectivity index (χ2v) is 9.92. The number of thiophene rings is 1. The number of amides is 2. The van der Waals surface area contributed by atoms with Crippen LogP contribution in [0.3, 0.4) is 0 Å². The molecule has 0 saturated heterocycles. The lowest BCUT2D eigenvalue weighted by Crippen LogP contribution is -2.41. The molecule has 0 aliphatic carbocycles. The maximum atomic E-state index is 13.4. The number of rotatable bonds is 8. The van der Waals surface area contributed by atoms with E-state index in [1.807, 2.05) is 59.6 Å². The standard InChI is InChI=1S/C26H30ClN3O2S/c1-17(2)18(3)30(26(32)24-11-8-14-33-24)16-19-15-20(12-13-23(19)29(4)5)28-25(31)21-9-6-7-10-22(21)27/h6-15,17-18H,16H2,1-5H3,(H,28,31)/t18-/m0/s1. The lowest BCUT2D eigenvalue weighted by Gasteiger charge is -2.33. The Bertz CT molecular complexity index is 1110. The van der Waals surface area contributed by atoms with Crippen LogP contribution in [0.2, 0.25) is 5.02 Å². The molecule has 2 amide bonds. The van der Waals surface area contributed by atoms with E-state index < -0.39 is 0 Å². The predicted octanol–water partition coefficient (Wildman–Crippen LogP) is 6.41. The average Bonchev–Trinajstić information content (AvgIpc) is 3.31. The largest absolute Gasteiger partial charge is 0.377 e. The molecule has 7 heteroatoms. The van der Waals surface area contributed by atoms with Crippen molar-refractivity contribution in [2.75, 3.05) is 24.3 Å². The molecule has 0 bridgehead atoms. The number of carbonyl (C=O) groups excluding carboxylic acids is 2. The maximum absolute atomic E-state index is 13.4. The third kappa shape index (κ3) is 5.95. The van der Waals surface area contributed by atoms with E-state index in [2.05, 4.69) is 26.1 Å². The van der Waals surface area contributed by atoms with Crippen molar-refractivity contribution in [2.24, 2.45) is 5.92 Å². The molecule has 5 nitrogen and oxygen atoms in total. The van der Waals surface area contributed by atoms with Crippen molar-refractivity contribution in [1.82, 2.24) is 4.90 Å². The van der Waals surface area contributed by atoms with Crippen molar-refractivity contribution in [2.45, 2.75) is 33.4 Å². The monoisotopic (exact) mass is 483 g/mol. The third-order valence-electron chi connectivity index (χ3n) is 5.73. The predicted molar refractivity (Wildman–Crippen MR) is 139 cm³/mol. The zero-order valence-corrected chi connectivity index (χ0v) is 21.2. The van der Waals surface area contributed by atoms with Gasteiger partial charge in [-0.25, -0.2) is 0 Å². The van der Waals surface area contributed by atoms with Gasteiger partial charge < -0.3 is 15.1 Å². The molecule has 0 spiro atoms. The first-order valence-electron chi connectivity index (χ1n) is 10.9. The molecular weight excluding hydrogens is 454 g/mol. The SMILES string of the molecule is CC(C)[C@H](C)N(Cc1cc(NC(=O)c2ccccc2Cl)ccc1N(C)C)C(=O)c1cccs1. The maximum Gasteiger partial charge on any atom is 0.264 e. The molecule has 1 N–H and O–H groups in total. The Balaban J connectivity index is 1.94. The van der Waals surface area contributed by atoms with Gasteiger partial charge in [0.1, 0.15) is 0 Å². The molecule has 0 aliphatic rings. The number of nitrogens with one attached hydrogen (secondary N) is 1. The highest BCUT2D eigenvalue weighted by Crippen LogP contribution is 2.28. The summed E-state index contributed by atoms with van der Waals surface area (Å²) in [6.07, 6.45) is 0. The molecule has 3 rings (SSSR count). The van der Waals surface area contributed by atoms with E-state index in [1.165, 1.54) is 11.3 Å². The minimum atomic E-state index is -0.272. The van der Waals surface area contributed by atoms with Crippen molar-refractivity contribution >= 4 is 46.1 Å². The molecular formula is C26H30ClN3O2S. The van der Waals surface area contributed by atoms with Crippen LogP contribution >= 0.6 is 22.9 Å². The molecule has 0 aliphatic heterocycles. The number of anilines is 2. The Morgan fingerprint density at radius 2 is 1.76 bits per heavy atom. The molecule has 0 unspecified atom stereocenters. The van der Waals surface area contributed by atoms with E-state index in [0.29, 0.717) is 28.7 Å². The third-order valence-corrected chi connectivity index (χ3v) is 6.92. The molecule has 1 aromatic heterocycles. The van der Waals surface area contributed by atoms with Crippen LogP contribution in [0.4, 0.5) is 11.4 Å². The van der Waals surface area contributed by atoms with Crippen LogP contribution in [0.15, 0.2) is 60.0 Å². The fourth-order valence-corrected chi connectivity index (χ4v) is 4.46. The van der Waals surface area contributed by atoms with Gasteiger partial charge in [-0.2, -0.15) is 0 Å². The van der Waals surface area contributed by atoms with Gasteiger partial charge in [0.25, 0.3) is 11.8 Å². The van der Waals surface area contributed by atoms with Gasteiger partial charge in [0.15, 0.2) is 0 Å². The minimum Gasteiger partial charge on any atom is -0.377 e. The van der Waals surface area contributed by atoms with Crippen LogP contribution in [-0.4, -0.2) is 36.9 Å². The van der Waals surface area contributed by atoms with E-state index >= 15 is 0 Å². The smallest absolute Gasteiger partial charge is 0.264 e. The first kappa shape index (κ1) is 24.8. The summed E-state index contributed by atoms with van der Waals surface area (Å²) in [6, 6.07) is 16.5. The quantitative estimate of drug-likeness (QED) is 0.403. The summed E-state index contributed by atoms with van der Waals surface area (Å²) in [5, 5.41) is 5.26. The van der Waals surface area contributed by atoms with Gasteiger partial charge in [0.05, 0.1) is 15.5 Å². The molecule has 0 fully saturated rings. The second kappa shape index (κ2) is 10.9. The number of halogens is 1. The summed E-state index contributed by atoms with van der Waals surface area (Å²) in [5.41, 5.74) is 3.02. The fourth-order valence-electron chi connectivity index (χ4n) is 3.56. The summed E-state index contributed by atoms with van der Waals surface area (Å²) in [5.74, 6) is 0.0347. The number of hydrogen-bond donors (Lipinski definition) is 1. The second-order valence-electron chi connectivity index (χ2n) is 8.57. The van der Waals surface area contributed by atoms with Gasteiger partial charge in [0.2, 0.25) is 0 Å². The van der Waals surface area contributed by atoms with Gasteiger partial charge in [-0.1, -0.05) is 43.6 Å². The van der Waals surface area contributed by atoms with E-state index in [-0.39, 0.29) is 17.9 Å². The van der Waals surface area contributed by atoms with Crippen LogP contribution in [-0.2, 0) is 6.54 Å². The molecule has 3 aromatic rings. The van der Waals surface area contributed by atoms with E-state index in [0.717, 1.165) is 16.1 Å². The summed E-state index contributed by atoms with van der Waals surface area (Å²) < 4.78 is 0. The first-order valence-corrected chi connectivity index (χ1v) is 12.2. The molecule has 174 valence electrons. The zero-order chi connectivity index (χ0) is 24.1. The number of benzene rings is 2. The molecule has 0 radical (unpaired) electrons. The van der Waals surface area contributed by atoms with Crippen LogP contribution in [0.5, 0.6) is 0 Å². The van der Waals surface area contributed by atoms with E-state index in [9.17, 15) is 9.59 Å². The Kier molecular flexibility index (Phi) is 8.16. The Labute approximate surface area is 205 Å². The van der Waals surface area contributed by atoms with Crippen molar-refractivity contribution in [3.63, 3.8) is 0 Å². The van der Waals surface area contributed by atoms with Gasteiger partial charge in [-0.05, 0) is 60.2 Å². The molecule has 1 atom stereocenters. The van der Waals surface area contributed by atoms with Crippen LogP contribution in [0.25, 0.3) is 0 Å². The zero-order valence-electron chi connectivity index (χ0n) is 19.6. The van der Waals surface area contributed by atoms with Gasteiger partial charge in [-0.3, -0.25) is 9.59 Å². The van der Waals surface area contributed by atoms with Crippen molar-refractivity contribution in [1.29, 1.82) is 0 Å². The van der Waals surface area contributed by atoms with Crippen molar-refractivity contribution in [3.05, 3.63) is 81.0 Å². The topological polar surface area (TPSA) is 52.7 Å². The summed E-state index contributed by atoms with van der Waals surface area (Å²) in [6.45, 7) is 6.74. The van der Waals surface area contributed by atoms with Gasteiger partial charge >= 0.3 is 0 Å². The van der Waals surface area contributed by atoms with E-state index in [4.69, 9.17) is 11.6 Å². The Morgan fingerprint density at radius 3 is 2.36 bits per heavy atom. The van der Waals surface area contributed by atoms with Crippen molar-refractivity contribution < 1.29 is 9.59 Å². The average molecular weight is 484 g/mol. The highest BCUT2D eigenvalue weighted by atomic mass is 35.5. The summed E-state index contributed by atoms with van der Waals surface area (Å²) >= 11 is 7.64. The van der Waals surface area contributed by atoms with Gasteiger partial charge in [0, 0.05) is 38.1 Å². The van der Waals surface area contributed by atoms with Crippen LogP contribution < -0.4 is 10.2 Å². The lowest BCUT2D eigenvalue weighted by molar-refractivity contribution is 0.0633. The first-order chi connectivity index (χ1) is 15.7. The Hall–Kier alpha value is -2.83. The van der Waals surface area contributed by atoms with Crippen LogP contribution in [0, 0.1) is 5.92 Å². The minimum absolute atomic E-state index is 0.0152. The lowest BCUT2D eigenvalue weighted by atomic mass is 10.0.